The van der Waals surface area contributed by atoms with E-state index in [9.17, 15) is 0 Å². The largest absolute Gasteiger partial charge is 0.493 e. The summed E-state index contributed by atoms with van der Waals surface area (Å²) >= 11 is 0. The molecule has 110 valence electrons. The van der Waals surface area contributed by atoms with Crippen LogP contribution in [0.5, 0.6) is 11.5 Å². The average molecular weight is 275 g/mol. The Morgan fingerprint density at radius 3 is 3.00 bits per heavy atom. The van der Waals surface area contributed by atoms with Gasteiger partial charge in [0.15, 0.2) is 0 Å². The third-order valence-electron chi connectivity index (χ3n) is 3.48. The second-order valence-electron chi connectivity index (χ2n) is 5.80. The first kappa shape index (κ1) is 14.9. The predicted molar refractivity (Wildman–Crippen MR) is 82.5 cm³/mol. The quantitative estimate of drug-likeness (QED) is 0.632. The van der Waals surface area contributed by atoms with Crippen LogP contribution in [0.15, 0.2) is 30.9 Å². The standard InChI is InChI=1S/C17H25NO2/c1-5-7-10-19-13-8-9-14-15(18-6-2)12-17(3,4)20-16(14)11-13/h5,8-9,11,15,18H,1,6-7,10,12H2,2-4H3. The molecule has 1 aromatic carbocycles. The predicted octanol–water partition coefficient (Wildman–Crippen LogP) is 3.85. The molecule has 0 spiro atoms. The van der Waals surface area contributed by atoms with Gasteiger partial charge in [-0.05, 0) is 32.9 Å². The summed E-state index contributed by atoms with van der Waals surface area (Å²) in [5.74, 6) is 1.79. The third kappa shape index (κ3) is 3.54. The van der Waals surface area contributed by atoms with E-state index in [4.69, 9.17) is 9.47 Å². The van der Waals surface area contributed by atoms with E-state index in [1.54, 1.807) is 0 Å². The van der Waals surface area contributed by atoms with E-state index in [1.165, 1.54) is 5.56 Å². The van der Waals surface area contributed by atoms with Crippen molar-refractivity contribution in [1.82, 2.24) is 5.32 Å². The minimum Gasteiger partial charge on any atom is -0.493 e. The van der Waals surface area contributed by atoms with Crippen LogP contribution in [0.25, 0.3) is 0 Å². The highest BCUT2D eigenvalue weighted by molar-refractivity contribution is 5.44. The van der Waals surface area contributed by atoms with E-state index in [0.29, 0.717) is 12.6 Å². The van der Waals surface area contributed by atoms with Gasteiger partial charge in [0.2, 0.25) is 0 Å². The van der Waals surface area contributed by atoms with Crippen molar-refractivity contribution < 1.29 is 9.47 Å². The molecule has 0 saturated heterocycles. The summed E-state index contributed by atoms with van der Waals surface area (Å²) in [6.45, 7) is 11.7. The van der Waals surface area contributed by atoms with Gasteiger partial charge in [0.05, 0.1) is 6.61 Å². The SMILES string of the molecule is C=CCCOc1ccc2c(c1)OC(C)(C)CC2NCC. The summed E-state index contributed by atoms with van der Waals surface area (Å²) in [5.41, 5.74) is 1.07. The first-order valence-corrected chi connectivity index (χ1v) is 7.36. The zero-order chi connectivity index (χ0) is 14.6. The molecule has 0 aromatic heterocycles. The van der Waals surface area contributed by atoms with Gasteiger partial charge in [-0.25, -0.2) is 0 Å². The molecule has 3 nitrogen and oxygen atoms in total. The van der Waals surface area contributed by atoms with Crippen molar-refractivity contribution in [2.75, 3.05) is 13.2 Å². The van der Waals surface area contributed by atoms with Crippen molar-refractivity contribution in [3.8, 4) is 11.5 Å². The smallest absolute Gasteiger partial charge is 0.128 e. The maximum atomic E-state index is 6.10. The van der Waals surface area contributed by atoms with E-state index in [-0.39, 0.29) is 5.60 Å². The molecule has 1 aliphatic rings. The number of nitrogens with one attached hydrogen (secondary N) is 1. The van der Waals surface area contributed by atoms with Crippen LogP contribution in [-0.4, -0.2) is 18.8 Å². The molecule has 3 heteroatoms. The Labute approximate surface area is 122 Å². The van der Waals surface area contributed by atoms with Crippen LogP contribution in [0.4, 0.5) is 0 Å². The zero-order valence-corrected chi connectivity index (χ0v) is 12.7. The van der Waals surface area contributed by atoms with Crippen LogP contribution in [-0.2, 0) is 0 Å². The van der Waals surface area contributed by atoms with Gasteiger partial charge in [0, 0.05) is 24.1 Å². The fourth-order valence-corrected chi connectivity index (χ4v) is 2.61. The van der Waals surface area contributed by atoms with Gasteiger partial charge in [0.25, 0.3) is 0 Å². The zero-order valence-electron chi connectivity index (χ0n) is 12.7. The van der Waals surface area contributed by atoms with Crippen LogP contribution in [0.2, 0.25) is 0 Å². The monoisotopic (exact) mass is 275 g/mol. The highest BCUT2D eigenvalue weighted by Crippen LogP contribution is 2.41. The lowest BCUT2D eigenvalue weighted by molar-refractivity contribution is 0.0660. The van der Waals surface area contributed by atoms with Crippen LogP contribution >= 0.6 is 0 Å². The third-order valence-corrected chi connectivity index (χ3v) is 3.48. The Bertz CT molecular complexity index is 468. The fraction of sp³-hybridized carbons (Fsp3) is 0.529. The molecule has 1 aliphatic heterocycles. The van der Waals surface area contributed by atoms with E-state index in [2.05, 4.69) is 38.7 Å². The number of hydrogen-bond acceptors (Lipinski definition) is 3. The molecule has 1 aromatic rings. The Balaban J connectivity index is 2.20. The molecule has 0 fully saturated rings. The van der Waals surface area contributed by atoms with Crippen molar-refractivity contribution in [3.05, 3.63) is 36.4 Å². The summed E-state index contributed by atoms with van der Waals surface area (Å²) < 4.78 is 11.8. The maximum Gasteiger partial charge on any atom is 0.128 e. The molecule has 1 heterocycles. The first-order chi connectivity index (χ1) is 9.55. The van der Waals surface area contributed by atoms with Gasteiger partial charge < -0.3 is 14.8 Å². The Hall–Kier alpha value is -1.48. The van der Waals surface area contributed by atoms with Crippen molar-refractivity contribution in [2.45, 2.75) is 45.3 Å². The highest BCUT2D eigenvalue weighted by atomic mass is 16.5. The second-order valence-corrected chi connectivity index (χ2v) is 5.80. The summed E-state index contributed by atoms with van der Waals surface area (Å²) in [6, 6.07) is 6.49. The van der Waals surface area contributed by atoms with Crippen LogP contribution in [0, 0.1) is 0 Å². The minimum absolute atomic E-state index is 0.153. The van der Waals surface area contributed by atoms with Crippen molar-refractivity contribution in [3.63, 3.8) is 0 Å². The molecule has 0 saturated carbocycles. The first-order valence-electron chi connectivity index (χ1n) is 7.36. The van der Waals surface area contributed by atoms with Gasteiger partial charge in [0.1, 0.15) is 17.1 Å². The van der Waals surface area contributed by atoms with E-state index >= 15 is 0 Å². The average Bonchev–Trinajstić information content (AvgIpc) is 2.37. The topological polar surface area (TPSA) is 30.5 Å². The summed E-state index contributed by atoms with van der Waals surface area (Å²) in [6.07, 6.45) is 3.69. The normalized spacial score (nSPS) is 19.9. The lowest BCUT2D eigenvalue weighted by Crippen LogP contribution is -2.39. The Morgan fingerprint density at radius 1 is 1.50 bits per heavy atom. The number of rotatable bonds is 6. The number of fused-ring (bicyclic) bond motifs is 1. The van der Waals surface area contributed by atoms with Crippen LogP contribution in [0.3, 0.4) is 0 Å². The second kappa shape index (κ2) is 6.31. The Morgan fingerprint density at radius 2 is 2.30 bits per heavy atom. The highest BCUT2D eigenvalue weighted by Gasteiger charge is 2.33. The summed E-state index contributed by atoms with van der Waals surface area (Å²) in [5, 5.41) is 3.53. The molecule has 20 heavy (non-hydrogen) atoms. The van der Waals surface area contributed by atoms with Crippen LogP contribution in [0.1, 0.15) is 45.2 Å². The van der Waals surface area contributed by atoms with Crippen molar-refractivity contribution in [1.29, 1.82) is 0 Å². The number of ether oxygens (including phenoxy) is 2. The van der Waals surface area contributed by atoms with Crippen molar-refractivity contribution >= 4 is 0 Å². The molecule has 1 unspecified atom stereocenters. The minimum atomic E-state index is -0.153. The van der Waals surface area contributed by atoms with Gasteiger partial charge in [-0.2, -0.15) is 0 Å². The van der Waals surface area contributed by atoms with E-state index in [0.717, 1.165) is 30.9 Å². The van der Waals surface area contributed by atoms with Gasteiger partial charge in [-0.3, -0.25) is 0 Å². The molecule has 1 N–H and O–H groups in total. The number of hydrogen-bond donors (Lipinski definition) is 1. The molecule has 0 amide bonds. The molecule has 0 bridgehead atoms. The van der Waals surface area contributed by atoms with Gasteiger partial charge in [-0.15, -0.1) is 6.58 Å². The molecular formula is C17H25NO2. The Kier molecular flexibility index (Phi) is 4.71. The molecule has 0 radical (unpaired) electrons. The molecular weight excluding hydrogens is 250 g/mol. The number of benzene rings is 1. The maximum absolute atomic E-state index is 6.10. The van der Waals surface area contributed by atoms with E-state index < -0.39 is 0 Å². The van der Waals surface area contributed by atoms with Crippen LogP contribution < -0.4 is 14.8 Å². The molecule has 1 atom stereocenters. The van der Waals surface area contributed by atoms with Crippen molar-refractivity contribution in [2.24, 2.45) is 0 Å². The summed E-state index contributed by atoms with van der Waals surface area (Å²) in [7, 11) is 0. The molecule has 0 aliphatic carbocycles. The molecule has 2 rings (SSSR count). The van der Waals surface area contributed by atoms with Gasteiger partial charge >= 0.3 is 0 Å². The fourth-order valence-electron chi connectivity index (χ4n) is 2.61. The lowest BCUT2D eigenvalue weighted by Gasteiger charge is -2.38. The van der Waals surface area contributed by atoms with Gasteiger partial charge in [-0.1, -0.05) is 19.1 Å². The lowest BCUT2D eigenvalue weighted by atomic mass is 9.89. The van der Waals surface area contributed by atoms with E-state index in [1.807, 2.05) is 18.2 Å². The summed E-state index contributed by atoms with van der Waals surface area (Å²) in [4.78, 5) is 0.